The van der Waals surface area contributed by atoms with E-state index in [1.165, 1.54) is 12.1 Å². The summed E-state index contributed by atoms with van der Waals surface area (Å²) in [4.78, 5) is 15.3. The van der Waals surface area contributed by atoms with Crippen molar-refractivity contribution >= 4 is 10.8 Å². The monoisotopic (exact) mass is 381 g/mol. The number of piperidine rings is 1. The Morgan fingerprint density at radius 2 is 1.71 bits per heavy atom. The molecule has 0 radical (unpaired) electrons. The molecule has 2 heterocycles. The molecule has 1 fully saturated rings. The second-order valence-corrected chi connectivity index (χ2v) is 7.34. The molecule has 5 nitrogen and oxygen atoms in total. The molecule has 1 aromatic heterocycles. The minimum atomic E-state index is -0.263. The van der Waals surface area contributed by atoms with Crippen LogP contribution in [0.2, 0.25) is 0 Å². The van der Waals surface area contributed by atoms with E-state index in [1.807, 2.05) is 24.3 Å². The Labute approximate surface area is 163 Å². The summed E-state index contributed by atoms with van der Waals surface area (Å²) in [5.41, 5.74) is 1.74. The SMILES string of the molecule is O=c1c2ccccc2c(Cc2ccc(F)cc2)nn1C1CCN(CCO)CC1. The van der Waals surface area contributed by atoms with Crippen molar-refractivity contribution in [3.8, 4) is 0 Å². The van der Waals surface area contributed by atoms with Gasteiger partial charge < -0.3 is 10.0 Å². The van der Waals surface area contributed by atoms with Crippen molar-refractivity contribution < 1.29 is 9.50 Å². The number of nitrogens with zero attached hydrogens (tertiary/aromatic N) is 3. The van der Waals surface area contributed by atoms with Gasteiger partial charge in [-0.1, -0.05) is 30.3 Å². The lowest BCUT2D eigenvalue weighted by Gasteiger charge is -2.32. The molecule has 1 aliphatic heterocycles. The van der Waals surface area contributed by atoms with E-state index < -0.39 is 0 Å². The van der Waals surface area contributed by atoms with E-state index in [-0.39, 0.29) is 24.0 Å². The first-order valence-corrected chi connectivity index (χ1v) is 9.74. The number of halogens is 1. The van der Waals surface area contributed by atoms with Gasteiger partial charge in [0, 0.05) is 31.4 Å². The minimum Gasteiger partial charge on any atom is -0.395 e. The number of aliphatic hydroxyl groups excluding tert-OH is 1. The quantitative estimate of drug-likeness (QED) is 0.738. The van der Waals surface area contributed by atoms with Gasteiger partial charge in [-0.05, 0) is 36.6 Å². The lowest BCUT2D eigenvalue weighted by atomic mass is 10.0. The van der Waals surface area contributed by atoms with Gasteiger partial charge in [-0.3, -0.25) is 4.79 Å². The third kappa shape index (κ3) is 3.84. The van der Waals surface area contributed by atoms with Gasteiger partial charge in [0.15, 0.2) is 0 Å². The minimum absolute atomic E-state index is 0.0546. The van der Waals surface area contributed by atoms with Crippen LogP contribution in [0.25, 0.3) is 10.8 Å². The molecule has 146 valence electrons. The fourth-order valence-electron chi connectivity index (χ4n) is 3.98. The van der Waals surface area contributed by atoms with Crippen molar-refractivity contribution in [2.45, 2.75) is 25.3 Å². The highest BCUT2D eigenvalue weighted by Gasteiger charge is 2.23. The number of fused-ring (bicyclic) bond motifs is 1. The number of aromatic nitrogens is 2. The number of benzene rings is 2. The van der Waals surface area contributed by atoms with Crippen LogP contribution >= 0.6 is 0 Å². The van der Waals surface area contributed by atoms with E-state index in [4.69, 9.17) is 10.2 Å². The van der Waals surface area contributed by atoms with Gasteiger partial charge in [0.05, 0.1) is 23.7 Å². The normalized spacial score (nSPS) is 15.9. The summed E-state index contributed by atoms with van der Waals surface area (Å²) < 4.78 is 14.9. The average Bonchev–Trinajstić information content (AvgIpc) is 2.73. The number of aliphatic hydroxyl groups is 1. The Morgan fingerprint density at radius 1 is 1.04 bits per heavy atom. The van der Waals surface area contributed by atoms with Gasteiger partial charge in [0.1, 0.15) is 5.82 Å². The highest BCUT2D eigenvalue weighted by molar-refractivity contribution is 5.83. The summed E-state index contributed by atoms with van der Waals surface area (Å²) in [5, 5.41) is 15.4. The molecule has 1 saturated heterocycles. The van der Waals surface area contributed by atoms with Crippen LogP contribution in [-0.4, -0.2) is 46.0 Å². The van der Waals surface area contributed by atoms with Crippen LogP contribution < -0.4 is 5.56 Å². The van der Waals surface area contributed by atoms with Gasteiger partial charge in [0.25, 0.3) is 5.56 Å². The summed E-state index contributed by atoms with van der Waals surface area (Å²) in [6.07, 6.45) is 2.22. The first-order chi connectivity index (χ1) is 13.7. The molecule has 0 amide bonds. The molecular formula is C22H24FN3O2. The summed E-state index contributed by atoms with van der Waals surface area (Å²) in [5.74, 6) is -0.263. The molecule has 3 aromatic rings. The molecule has 1 aliphatic rings. The zero-order valence-electron chi connectivity index (χ0n) is 15.7. The van der Waals surface area contributed by atoms with E-state index in [2.05, 4.69) is 4.90 Å². The lowest BCUT2D eigenvalue weighted by Crippen LogP contribution is -2.39. The fourth-order valence-corrected chi connectivity index (χ4v) is 3.98. The van der Waals surface area contributed by atoms with Crippen molar-refractivity contribution in [2.75, 3.05) is 26.2 Å². The molecule has 2 aromatic carbocycles. The first-order valence-electron chi connectivity index (χ1n) is 9.74. The second kappa shape index (κ2) is 8.20. The predicted octanol–water partition coefficient (Wildman–Crippen LogP) is 2.76. The Balaban J connectivity index is 1.70. The molecule has 0 spiro atoms. The topological polar surface area (TPSA) is 58.4 Å². The lowest BCUT2D eigenvalue weighted by molar-refractivity contribution is 0.144. The Bertz CT molecular complexity index is 1010. The van der Waals surface area contributed by atoms with Crippen molar-refractivity contribution in [3.05, 3.63) is 76.0 Å². The zero-order chi connectivity index (χ0) is 19.5. The average molecular weight is 381 g/mol. The van der Waals surface area contributed by atoms with Gasteiger partial charge in [-0.25, -0.2) is 9.07 Å². The van der Waals surface area contributed by atoms with Crippen LogP contribution in [-0.2, 0) is 6.42 Å². The van der Waals surface area contributed by atoms with Gasteiger partial charge in [0.2, 0.25) is 0 Å². The maximum Gasteiger partial charge on any atom is 0.274 e. The summed E-state index contributed by atoms with van der Waals surface area (Å²) in [7, 11) is 0. The van der Waals surface area contributed by atoms with Crippen LogP contribution in [0.1, 0.15) is 30.1 Å². The first kappa shape index (κ1) is 18.8. The number of hydrogen-bond acceptors (Lipinski definition) is 4. The van der Waals surface area contributed by atoms with E-state index in [0.717, 1.165) is 42.6 Å². The predicted molar refractivity (Wildman–Crippen MR) is 107 cm³/mol. The van der Waals surface area contributed by atoms with E-state index in [9.17, 15) is 9.18 Å². The van der Waals surface area contributed by atoms with Crippen LogP contribution in [0.3, 0.4) is 0 Å². The Kier molecular flexibility index (Phi) is 5.50. The van der Waals surface area contributed by atoms with Crippen molar-refractivity contribution in [1.29, 1.82) is 0 Å². The van der Waals surface area contributed by atoms with Crippen molar-refractivity contribution in [2.24, 2.45) is 0 Å². The summed E-state index contributed by atoms with van der Waals surface area (Å²) in [6, 6.07) is 14.0. The molecule has 1 N–H and O–H groups in total. The van der Waals surface area contributed by atoms with Gasteiger partial charge in [-0.2, -0.15) is 5.10 Å². The third-order valence-electron chi connectivity index (χ3n) is 5.51. The third-order valence-corrected chi connectivity index (χ3v) is 5.51. The summed E-state index contributed by atoms with van der Waals surface area (Å²) >= 11 is 0. The highest BCUT2D eigenvalue weighted by atomic mass is 19.1. The molecule has 4 rings (SSSR count). The summed E-state index contributed by atoms with van der Waals surface area (Å²) in [6.45, 7) is 2.52. The molecule has 6 heteroatoms. The van der Waals surface area contributed by atoms with Crippen LogP contribution in [0.15, 0.2) is 53.3 Å². The second-order valence-electron chi connectivity index (χ2n) is 7.34. The van der Waals surface area contributed by atoms with Crippen molar-refractivity contribution in [3.63, 3.8) is 0 Å². The molecule has 0 atom stereocenters. The number of hydrogen-bond donors (Lipinski definition) is 1. The van der Waals surface area contributed by atoms with Crippen LogP contribution in [0.4, 0.5) is 4.39 Å². The van der Waals surface area contributed by atoms with Gasteiger partial charge in [-0.15, -0.1) is 0 Å². The molecule has 28 heavy (non-hydrogen) atoms. The number of β-amino-alcohol motifs (C(OH)–C–C–N with tert-alkyl or cyclic N) is 1. The number of likely N-dealkylation sites (tertiary alicyclic amines) is 1. The maximum atomic E-state index is 13.2. The largest absolute Gasteiger partial charge is 0.395 e. The standard InChI is InChI=1S/C22H24FN3O2/c23-17-7-5-16(6-8-17)15-21-19-3-1-2-4-20(19)22(28)26(24-21)18-9-11-25(12-10-18)13-14-27/h1-8,18,27H,9-15H2. The van der Waals surface area contributed by atoms with E-state index >= 15 is 0 Å². The highest BCUT2D eigenvalue weighted by Crippen LogP contribution is 2.23. The smallest absolute Gasteiger partial charge is 0.274 e. The Morgan fingerprint density at radius 3 is 2.39 bits per heavy atom. The molecular weight excluding hydrogens is 357 g/mol. The maximum absolute atomic E-state index is 13.2. The molecule has 0 aliphatic carbocycles. The molecule has 0 saturated carbocycles. The van der Waals surface area contributed by atoms with E-state index in [1.54, 1.807) is 16.8 Å². The zero-order valence-corrected chi connectivity index (χ0v) is 15.7. The van der Waals surface area contributed by atoms with Crippen LogP contribution in [0, 0.1) is 5.82 Å². The van der Waals surface area contributed by atoms with Crippen LogP contribution in [0.5, 0.6) is 0 Å². The van der Waals surface area contributed by atoms with Crippen molar-refractivity contribution in [1.82, 2.24) is 14.7 Å². The molecule has 0 bridgehead atoms. The van der Waals surface area contributed by atoms with E-state index in [0.29, 0.717) is 18.4 Å². The fraction of sp³-hybridized carbons (Fsp3) is 0.364. The molecule has 0 unspecified atom stereocenters. The number of rotatable bonds is 5. The Hall–Kier alpha value is -2.57. The van der Waals surface area contributed by atoms with Gasteiger partial charge >= 0.3 is 0 Å².